The number of hydrogen-bond acceptors (Lipinski definition) is 1. The molecule has 0 unspecified atom stereocenters. The van der Waals surface area contributed by atoms with Gasteiger partial charge in [-0.1, -0.05) is 46.3 Å². The smallest absolute Gasteiger partial charge is 0.194 e. The summed E-state index contributed by atoms with van der Waals surface area (Å²) in [4.78, 5) is 16.1. The molecule has 0 amide bonds. The third-order valence-corrected chi connectivity index (χ3v) is 4.58. The molecule has 22 heavy (non-hydrogen) atoms. The average Bonchev–Trinajstić information content (AvgIpc) is 2.92. The molecule has 0 radical (unpaired) electrons. The highest BCUT2D eigenvalue weighted by molar-refractivity contribution is 9.10. The first-order valence-electron chi connectivity index (χ1n) is 7.04. The zero-order valence-electron chi connectivity index (χ0n) is 11.6. The van der Waals surface area contributed by atoms with E-state index in [2.05, 4.69) is 27.0 Å². The Morgan fingerprint density at radius 1 is 0.818 bits per heavy atom. The van der Waals surface area contributed by atoms with Crippen LogP contribution in [-0.4, -0.2) is 10.8 Å². The topological polar surface area (TPSA) is 32.9 Å². The third-order valence-electron chi connectivity index (χ3n) is 3.89. The van der Waals surface area contributed by atoms with Crippen LogP contribution in [0.4, 0.5) is 0 Å². The number of fused-ring (bicyclic) bond motifs is 3. The first-order valence-corrected chi connectivity index (χ1v) is 7.83. The summed E-state index contributed by atoms with van der Waals surface area (Å²) in [6, 6.07) is 21.5. The van der Waals surface area contributed by atoms with Crippen LogP contribution in [0.2, 0.25) is 0 Å². The highest BCUT2D eigenvalue weighted by Gasteiger charge is 2.13. The lowest BCUT2D eigenvalue weighted by molar-refractivity contribution is 0.103. The van der Waals surface area contributed by atoms with Crippen LogP contribution < -0.4 is 0 Å². The molecule has 4 rings (SSSR count). The average molecular weight is 350 g/mol. The third kappa shape index (κ3) is 2.06. The van der Waals surface area contributed by atoms with Crippen LogP contribution in [0, 0.1) is 0 Å². The predicted molar refractivity (Wildman–Crippen MR) is 93.4 cm³/mol. The van der Waals surface area contributed by atoms with Crippen LogP contribution in [0.15, 0.2) is 71.2 Å². The van der Waals surface area contributed by atoms with E-state index >= 15 is 0 Å². The Morgan fingerprint density at radius 2 is 1.55 bits per heavy atom. The van der Waals surface area contributed by atoms with Gasteiger partial charge in [-0.05, 0) is 36.4 Å². The number of ketones is 1. The van der Waals surface area contributed by atoms with Crippen molar-refractivity contribution in [2.45, 2.75) is 0 Å². The van der Waals surface area contributed by atoms with E-state index < -0.39 is 0 Å². The summed E-state index contributed by atoms with van der Waals surface area (Å²) in [6.45, 7) is 0. The van der Waals surface area contributed by atoms with E-state index in [0.29, 0.717) is 11.1 Å². The Hall–Kier alpha value is -2.39. The van der Waals surface area contributed by atoms with E-state index in [1.165, 1.54) is 0 Å². The van der Waals surface area contributed by atoms with E-state index in [-0.39, 0.29) is 5.78 Å². The number of para-hydroxylation sites is 1. The summed E-state index contributed by atoms with van der Waals surface area (Å²) in [5.41, 5.74) is 3.51. The number of halogens is 1. The van der Waals surface area contributed by atoms with E-state index in [1.54, 1.807) is 0 Å². The van der Waals surface area contributed by atoms with Gasteiger partial charge in [-0.15, -0.1) is 0 Å². The number of H-pyrrole nitrogens is 1. The van der Waals surface area contributed by atoms with E-state index in [9.17, 15) is 4.79 Å². The van der Waals surface area contributed by atoms with Gasteiger partial charge in [-0.3, -0.25) is 4.79 Å². The highest BCUT2D eigenvalue weighted by atomic mass is 79.9. The Labute approximate surface area is 135 Å². The summed E-state index contributed by atoms with van der Waals surface area (Å²) in [7, 11) is 0. The van der Waals surface area contributed by atoms with Crippen LogP contribution in [0.3, 0.4) is 0 Å². The van der Waals surface area contributed by atoms with Crippen LogP contribution in [0.1, 0.15) is 15.9 Å². The largest absolute Gasteiger partial charge is 0.355 e. The number of nitrogens with one attached hydrogen (secondary N) is 1. The maximum absolute atomic E-state index is 12.7. The zero-order chi connectivity index (χ0) is 15.1. The molecule has 1 aromatic heterocycles. The summed E-state index contributed by atoms with van der Waals surface area (Å²) < 4.78 is 0.819. The van der Waals surface area contributed by atoms with Crippen molar-refractivity contribution >= 4 is 43.5 Å². The minimum atomic E-state index is 0.0275. The van der Waals surface area contributed by atoms with Gasteiger partial charge in [0.05, 0.1) is 0 Å². The first kappa shape index (κ1) is 13.3. The van der Waals surface area contributed by atoms with Crippen molar-refractivity contribution in [3.8, 4) is 0 Å². The summed E-state index contributed by atoms with van der Waals surface area (Å²) in [6.07, 6.45) is 0. The number of rotatable bonds is 2. The fourth-order valence-corrected chi connectivity index (χ4v) is 3.26. The van der Waals surface area contributed by atoms with Gasteiger partial charge < -0.3 is 4.98 Å². The number of aromatic nitrogens is 1. The van der Waals surface area contributed by atoms with E-state index in [0.717, 1.165) is 26.3 Å². The second kappa shape index (κ2) is 5.11. The van der Waals surface area contributed by atoms with Gasteiger partial charge in [-0.25, -0.2) is 0 Å². The second-order valence-electron chi connectivity index (χ2n) is 5.24. The lowest BCUT2D eigenvalue weighted by Crippen LogP contribution is -2.01. The molecular formula is C19H12BrNO. The number of carbonyl (C=O) groups is 1. The molecule has 0 spiro atoms. The Kier molecular flexibility index (Phi) is 3.09. The highest BCUT2D eigenvalue weighted by Crippen LogP contribution is 2.27. The lowest BCUT2D eigenvalue weighted by Gasteiger charge is -2.04. The maximum atomic E-state index is 12.7. The van der Waals surface area contributed by atoms with Crippen molar-refractivity contribution in [2.75, 3.05) is 0 Å². The quantitative estimate of drug-likeness (QED) is 0.488. The molecule has 1 N–H and O–H groups in total. The summed E-state index contributed by atoms with van der Waals surface area (Å²) in [5, 5.41) is 2.22. The number of hydrogen-bond donors (Lipinski definition) is 1. The van der Waals surface area contributed by atoms with Crippen LogP contribution >= 0.6 is 15.9 Å². The molecular weight excluding hydrogens is 338 g/mol. The molecule has 2 nitrogen and oxygen atoms in total. The standard InChI is InChI=1S/C19H12BrNO/c20-16-7-3-1-6-14(16)19(22)12-9-10-18-15(11-12)13-5-2-4-8-17(13)21-18/h1-11,21H. The van der Waals surface area contributed by atoms with Gasteiger partial charge >= 0.3 is 0 Å². The lowest BCUT2D eigenvalue weighted by atomic mass is 10.0. The Morgan fingerprint density at radius 3 is 2.41 bits per heavy atom. The minimum Gasteiger partial charge on any atom is -0.355 e. The maximum Gasteiger partial charge on any atom is 0.194 e. The molecule has 0 aliphatic heterocycles. The molecule has 4 aromatic rings. The number of aromatic amines is 1. The molecule has 0 saturated heterocycles. The monoisotopic (exact) mass is 349 g/mol. The minimum absolute atomic E-state index is 0.0275. The second-order valence-corrected chi connectivity index (χ2v) is 6.09. The van der Waals surface area contributed by atoms with Crippen molar-refractivity contribution in [1.82, 2.24) is 4.98 Å². The molecule has 0 saturated carbocycles. The van der Waals surface area contributed by atoms with Gasteiger partial charge in [0.25, 0.3) is 0 Å². The molecule has 1 heterocycles. The molecule has 0 aliphatic rings. The summed E-state index contributed by atoms with van der Waals surface area (Å²) >= 11 is 3.45. The van der Waals surface area contributed by atoms with Crippen LogP contribution in [-0.2, 0) is 0 Å². The number of benzene rings is 3. The molecule has 0 aliphatic carbocycles. The normalized spacial score (nSPS) is 11.1. The molecule has 0 bridgehead atoms. The molecule has 106 valence electrons. The van der Waals surface area contributed by atoms with Crippen LogP contribution in [0.25, 0.3) is 21.8 Å². The van der Waals surface area contributed by atoms with Gasteiger partial charge in [0.15, 0.2) is 5.78 Å². The van der Waals surface area contributed by atoms with Gasteiger partial charge in [0.2, 0.25) is 0 Å². The van der Waals surface area contributed by atoms with Crippen molar-refractivity contribution < 1.29 is 4.79 Å². The zero-order valence-corrected chi connectivity index (χ0v) is 13.2. The molecule has 0 fully saturated rings. The van der Waals surface area contributed by atoms with Gasteiger partial charge in [-0.2, -0.15) is 0 Å². The fourth-order valence-electron chi connectivity index (χ4n) is 2.79. The Balaban J connectivity index is 1.91. The van der Waals surface area contributed by atoms with Gasteiger partial charge in [0, 0.05) is 37.4 Å². The fraction of sp³-hybridized carbons (Fsp3) is 0. The molecule has 3 aromatic carbocycles. The van der Waals surface area contributed by atoms with Gasteiger partial charge in [0.1, 0.15) is 0 Å². The summed E-state index contributed by atoms with van der Waals surface area (Å²) in [5.74, 6) is 0.0275. The van der Waals surface area contributed by atoms with Crippen molar-refractivity contribution in [2.24, 2.45) is 0 Å². The molecule has 0 atom stereocenters. The SMILES string of the molecule is O=C(c1ccc2[nH]c3ccccc3c2c1)c1ccccc1Br. The van der Waals surface area contributed by atoms with Crippen LogP contribution in [0.5, 0.6) is 0 Å². The van der Waals surface area contributed by atoms with Crippen molar-refractivity contribution in [3.63, 3.8) is 0 Å². The molecule has 3 heteroatoms. The van der Waals surface area contributed by atoms with E-state index in [1.807, 2.05) is 60.7 Å². The first-order chi connectivity index (χ1) is 10.7. The predicted octanol–water partition coefficient (Wildman–Crippen LogP) is 5.31. The Bertz CT molecular complexity index is 1020. The van der Waals surface area contributed by atoms with Crippen molar-refractivity contribution in [3.05, 3.63) is 82.3 Å². The number of carbonyl (C=O) groups excluding carboxylic acids is 1. The van der Waals surface area contributed by atoms with Crippen molar-refractivity contribution in [1.29, 1.82) is 0 Å². The van der Waals surface area contributed by atoms with E-state index in [4.69, 9.17) is 0 Å².